The zero-order valence-electron chi connectivity index (χ0n) is 14.1. The quantitative estimate of drug-likeness (QED) is 0.796. The van der Waals surface area contributed by atoms with Gasteiger partial charge in [-0.2, -0.15) is 0 Å². The molecule has 1 aliphatic heterocycles. The summed E-state index contributed by atoms with van der Waals surface area (Å²) in [5.41, 5.74) is 6.53. The number of primary amides is 1. The van der Waals surface area contributed by atoms with E-state index in [2.05, 4.69) is 0 Å². The highest BCUT2D eigenvalue weighted by atomic mass is 16.2. The van der Waals surface area contributed by atoms with Gasteiger partial charge in [0.25, 0.3) is 5.91 Å². The zero-order valence-corrected chi connectivity index (χ0v) is 14.1. The normalized spacial score (nSPS) is 22.3. The molecule has 1 aromatic carbocycles. The van der Waals surface area contributed by atoms with Crippen LogP contribution in [0.5, 0.6) is 0 Å². The number of carbonyl (C=O) groups excluding carboxylic acids is 2. The minimum Gasteiger partial charge on any atom is -0.369 e. The van der Waals surface area contributed by atoms with E-state index in [1.165, 1.54) is 0 Å². The molecule has 1 fully saturated rings. The molecule has 0 radical (unpaired) electrons. The predicted octanol–water partition coefficient (Wildman–Crippen LogP) is 0.376. The van der Waals surface area contributed by atoms with Gasteiger partial charge in [-0.1, -0.05) is 30.3 Å². The molecule has 1 aliphatic rings. The minimum absolute atomic E-state index is 0.130. The highest BCUT2D eigenvalue weighted by molar-refractivity contribution is 5.82. The van der Waals surface area contributed by atoms with Crippen molar-refractivity contribution >= 4 is 11.8 Å². The number of carbonyl (C=O) groups is 2. The number of likely N-dealkylation sites (N-methyl/N-ethyl adjacent to an activating group) is 1. The van der Waals surface area contributed by atoms with Crippen LogP contribution < -0.4 is 10.6 Å². The number of piperidine rings is 1. The second kappa shape index (κ2) is 8.11. The summed E-state index contributed by atoms with van der Waals surface area (Å²) >= 11 is 0. The molecule has 5 heteroatoms. The topological polar surface area (TPSA) is 67.8 Å². The van der Waals surface area contributed by atoms with Gasteiger partial charge in [0.2, 0.25) is 5.91 Å². The lowest BCUT2D eigenvalue weighted by Gasteiger charge is -2.35. The first-order valence-electron chi connectivity index (χ1n) is 8.56. The summed E-state index contributed by atoms with van der Waals surface area (Å²) < 4.78 is 0. The Morgan fingerprint density at radius 1 is 1.26 bits per heavy atom. The molecule has 0 aromatic heterocycles. The Kier molecular flexibility index (Phi) is 6.16. The fourth-order valence-corrected chi connectivity index (χ4v) is 3.52. The number of nitrogens with two attached hydrogens (primary N) is 1. The second-order valence-electron chi connectivity index (χ2n) is 6.21. The number of nitrogens with zero attached hydrogens (tertiary/aromatic N) is 1. The minimum atomic E-state index is -0.252. The Bertz CT molecular complexity index is 528. The molecular formula is C18H28N3O2+. The highest BCUT2D eigenvalue weighted by Gasteiger charge is 2.38. The monoisotopic (exact) mass is 318 g/mol. The number of hydrogen-bond donors (Lipinski definition) is 2. The summed E-state index contributed by atoms with van der Waals surface area (Å²) in [6, 6.07) is 9.65. The van der Waals surface area contributed by atoms with E-state index in [1.54, 1.807) is 0 Å². The van der Waals surface area contributed by atoms with Crippen molar-refractivity contribution in [1.82, 2.24) is 4.90 Å². The number of rotatable bonds is 6. The van der Waals surface area contributed by atoms with Crippen LogP contribution in [-0.4, -0.2) is 42.9 Å². The predicted molar refractivity (Wildman–Crippen MR) is 89.7 cm³/mol. The first-order chi connectivity index (χ1) is 11.1. The van der Waals surface area contributed by atoms with Crippen LogP contribution in [0.25, 0.3) is 0 Å². The molecular weight excluding hydrogens is 290 g/mol. The zero-order chi connectivity index (χ0) is 16.8. The molecule has 0 aliphatic carbocycles. The van der Waals surface area contributed by atoms with Crippen molar-refractivity contribution in [1.29, 1.82) is 0 Å². The van der Waals surface area contributed by atoms with E-state index in [0.717, 1.165) is 29.8 Å². The summed E-state index contributed by atoms with van der Waals surface area (Å²) in [6.07, 6.45) is 1.76. The molecule has 2 rings (SSSR count). The van der Waals surface area contributed by atoms with E-state index in [-0.39, 0.29) is 23.8 Å². The van der Waals surface area contributed by atoms with Crippen molar-refractivity contribution in [3.63, 3.8) is 0 Å². The molecule has 1 heterocycles. The third kappa shape index (κ3) is 4.10. The van der Waals surface area contributed by atoms with Gasteiger partial charge in [-0.25, -0.2) is 0 Å². The van der Waals surface area contributed by atoms with Gasteiger partial charge >= 0.3 is 0 Å². The van der Waals surface area contributed by atoms with Crippen molar-refractivity contribution in [2.75, 3.05) is 26.2 Å². The Balaban J connectivity index is 2.30. The largest absolute Gasteiger partial charge is 0.369 e. The van der Waals surface area contributed by atoms with Gasteiger partial charge in [0, 0.05) is 18.7 Å². The van der Waals surface area contributed by atoms with Gasteiger partial charge in [0.15, 0.2) is 6.04 Å². The van der Waals surface area contributed by atoms with Crippen LogP contribution in [0, 0.1) is 5.92 Å². The molecule has 1 unspecified atom stereocenters. The van der Waals surface area contributed by atoms with Crippen molar-refractivity contribution in [2.24, 2.45) is 11.7 Å². The van der Waals surface area contributed by atoms with Crippen LogP contribution in [0.15, 0.2) is 30.3 Å². The molecule has 23 heavy (non-hydrogen) atoms. The number of quaternary nitrogens is 1. The summed E-state index contributed by atoms with van der Waals surface area (Å²) in [4.78, 5) is 27.7. The standard InChI is InChI=1S/C18H27N3O2/c1-3-20(4-2)18(23)16(14-9-6-5-7-10-14)21-12-8-11-15(13-21)17(19)22/h5-7,9-10,15-16H,3-4,8,11-13H2,1-2H3,(H2,19,22)/p+1/t15-,16-/m0/s1. The van der Waals surface area contributed by atoms with Crippen LogP contribution in [0.3, 0.4) is 0 Å². The maximum atomic E-state index is 13.1. The Hall–Kier alpha value is -1.88. The molecule has 1 saturated heterocycles. The molecule has 126 valence electrons. The summed E-state index contributed by atoms with van der Waals surface area (Å²) in [5, 5.41) is 0. The molecule has 3 atom stereocenters. The van der Waals surface area contributed by atoms with Crippen LogP contribution in [-0.2, 0) is 9.59 Å². The lowest BCUT2D eigenvalue weighted by atomic mass is 9.93. The summed E-state index contributed by atoms with van der Waals surface area (Å²) in [6.45, 7) is 6.94. The molecule has 0 bridgehead atoms. The van der Waals surface area contributed by atoms with Crippen molar-refractivity contribution in [3.8, 4) is 0 Å². The molecule has 3 N–H and O–H groups in total. The average molecular weight is 318 g/mol. The van der Waals surface area contributed by atoms with Crippen LogP contribution in [0.4, 0.5) is 0 Å². The van der Waals surface area contributed by atoms with E-state index in [1.807, 2.05) is 49.1 Å². The van der Waals surface area contributed by atoms with E-state index < -0.39 is 0 Å². The first kappa shape index (κ1) is 17.5. The number of amides is 2. The van der Waals surface area contributed by atoms with Gasteiger partial charge in [0.1, 0.15) is 0 Å². The van der Waals surface area contributed by atoms with Gasteiger partial charge in [-0.15, -0.1) is 0 Å². The van der Waals surface area contributed by atoms with E-state index >= 15 is 0 Å². The summed E-state index contributed by atoms with van der Waals surface area (Å²) in [7, 11) is 0. The second-order valence-corrected chi connectivity index (χ2v) is 6.21. The number of hydrogen-bond acceptors (Lipinski definition) is 2. The smallest absolute Gasteiger partial charge is 0.285 e. The Morgan fingerprint density at radius 3 is 2.48 bits per heavy atom. The maximum Gasteiger partial charge on any atom is 0.285 e. The molecule has 0 saturated carbocycles. The molecule has 5 nitrogen and oxygen atoms in total. The Labute approximate surface area is 138 Å². The van der Waals surface area contributed by atoms with Crippen LogP contribution >= 0.6 is 0 Å². The van der Waals surface area contributed by atoms with Gasteiger partial charge in [-0.3, -0.25) is 9.59 Å². The van der Waals surface area contributed by atoms with Crippen molar-refractivity contribution in [3.05, 3.63) is 35.9 Å². The van der Waals surface area contributed by atoms with E-state index in [4.69, 9.17) is 5.73 Å². The third-order valence-electron chi connectivity index (χ3n) is 4.82. The number of likely N-dealkylation sites (tertiary alicyclic amines) is 1. The summed E-state index contributed by atoms with van der Waals surface area (Å²) in [5.74, 6) is -0.236. The molecule has 0 spiro atoms. The van der Waals surface area contributed by atoms with Crippen LogP contribution in [0.2, 0.25) is 0 Å². The first-order valence-corrected chi connectivity index (χ1v) is 8.56. The van der Waals surface area contributed by atoms with Gasteiger partial charge in [0.05, 0.1) is 19.0 Å². The van der Waals surface area contributed by atoms with E-state index in [9.17, 15) is 9.59 Å². The fourth-order valence-electron chi connectivity index (χ4n) is 3.52. The lowest BCUT2D eigenvalue weighted by molar-refractivity contribution is -0.929. The maximum absolute atomic E-state index is 13.1. The number of nitrogens with one attached hydrogen (secondary N) is 1. The van der Waals surface area contributed by atoms with Gasteiger partial charge in [-0.05, 0) is 26.7 Å². The Morgan fingerprint density at radius 2 is 1.91 bits per heavy atom. The highest BCUT2D eigenvalue weighted by Crippen LogP contribution is 2.16. The lowest BCUT2D eigenvalue weighted by Crippen LogP contribution is -3.15. The van der Waals surface area contributed by atoms with Crippen molar-refractivity contribution in [2.45, 2.75) is 32.7 Å². The van der Waals surface area contributed by atoms with Crippen molar-refractivity contribution < 1.29 is 14.5 Å². The molecule has 2 amide bonds. The fraction of sp³-hybridized carbons (Fsp3) is 0.556. The number of benzene rings is 1. The average Bonchev–Trinajstić information content (AvgIpc) is 2.57. The van der Waals surface area contributed by atoms with Gasteiger partial charge < -0.3 is 15.5 Å². The SMILES string of the molecule is CCN(CC)C(=O)[C@H](c1ccccc1)[NH+]1CCC[C@H](C(N)=O)C1. The van der Waals surface area contributed by atoms with E-state index in [0.29, 0.717) is 19.6 Å². The third-order valence-corrected chi connectivity index (χ3v) is 4.82. The molecule has 1 aromatic rings. The van der Waals surface area contributed by atoms with Crippen LogP contribution in [0.1, 0.15) is 38.3 Å².